The molecule has 1 aliphatic heterocycles. The highest BCUT2D eigenvalue weighted by atomic mass is 32.2. The lowest BCUT2D eigenvalue weighted by molar-refractivity contribution is 0.413. The van der Waals surface area contributed by atoms with Gasteiger partial charge in [-0.15, -0.1) is 11.8 Å². The minimum Gasteiger partial charge on any atom is -0.456 e. The smallest absolute Gasteiger partial charge is 0.135 e. The van der Waals surface area contributed by atoms with Crippen LogP contribution in [0.15, 0.2) is 169 Å². The first kappa shape index (κ1) is 35.8. The lowest BCUT2D eigenvalue weighted by Crippen LogP contribution is -2.25. The van der Waals surface area contributed by atoms with Crippen molar-refractivity contribution < 1.29 is 4.74 Å². The molecular weight excluding hydrogens is 735 g/mol. The van der Waals surface area contributed by atoms with Crippen molar-refractivity contribution in [2.75, 3.05) is 11.2 Å². The summed E-state index contributed by atoms with van der Waals surface area (Å²) in [5, 5.41) is 7.65. The standard InChI is InChI=1S/C56H45NOS/c1-34-53(59-6)30-28-49-54(34)58-52-29-21-36(31-51(52)56(49,4)5)35-19-22-37(23-20-35)57(39-25-27-46-45-17-11-12-18-48(45)55(2,3)50(46)33-39)38-24-26-44-42-15-8-7-13-40(42)41-14-9-10-16-43(41)47(44)32-38/h7-33H,1-6H3. The number of hydrogen-bond acceptors (Lipinski definition) is 3. The van der Waals surface area contributed by atoms with Gasteiger partial charge in [-0.25, -0.2) is 0 Å². The number of benzene rings is 9. The molecule has 11 rings (SSSR count). The van der Waals surface area contributed by atoms with Crippen LogP contribution in [0, 0.1) is 6.92 Å². The summed E-state index contributed by atoms with van der Waals surface area (Å²) in [6.45, 7) is 11.5. The first-order valence-electron chi connectivity index (χ1n) is 20.6. The highest BCUT2D eigenvalue weighted by molar-refractivity contribution is 7.98. The van der Waals surface area contributed by atoms with Crippen molar-refractivity contribution in [2.24, 2.45) is 0 Å². The van der Waals surface area contributed by atoms with E-state index in [9.17, 15) is 0 Å². The first-order chi connectivity index (χ1) is 28.6. The predicted octanol–water partition coefficient (Wildman–Crippen LogP) is 16.1. The Morgan fingerprint density at radius 2 is 1.00 bits per heavy atom. The quantitative estimate of drug-likeness (QED) is 0.128. The average Bonchev–Trinajstić information content (AvgIpc) is 3.49. The molecule has 2 nitrogen and oxygen atoms in total. The zero-order valence-electron chi connectivity index (χ0n) is 34.4. The monoisotopic (exact) mass is 779 g/mol. The molecule has 0 atom stereocenters. The van der Waals surface area contributed by atoms with E-state index in [0.717, 1.165) is 28.6 Å². The van der Waals surface area contributed by atoms with Crippen LogP contribution in [-0.4, -0.2) is 6.26 Å². The molecular formula is C56H45NOS. The van der Waals surface area contributed by atoms with Crippen molar-refractivity contribution in [1.29, 1.82) is 0 Å². The van der Waals surface area contributed by atoms with Gasteiger partial charge in [-0.05, 0) is 133 Å². The minimum atomic E-state index is -0.204. The summed E-state index contributed by atoms with van der Waals surface area (Å²) in [7, 11) is 0. The van der Waals surface area contributed by atoms with Crippen LogP contribution in [0.5, 0.6) is 11.5 Å². The largest absolute Gasteiger partial charge is 0.456 e. The van der Waals surface area contributed by atoms with Gasteiger partial charge in [-0.1, -0.05) is 137 Å². The molecule has 0 N–H and O–H groups in total. The molecule has 0 saturated carbocycles. The number of fused-ring (bicyclic) bond motifs is 11. The van der Waals surface area contributed by atoms with Gasteiger partial charge < -0.3 is 9.64 Å². The van der Waals surface area contributed by atoms with E-state index in [1.54, 1.807) is 11.8 Å². The average molecular weight is 780 g/mol. The fraction of sp³-hybridized carbons (Fsp3) is 0.143. The lowest BCUT2D eigenvalue weighted by Gasteiger charge is -2.36. The highest BCUT2D eigenvalue weighted by Crippen LogP contribution is 2.53. The third-order valence-electron chi connectivity index (χ3n) is 13.4. The van der Waals surface area contributed by atoms with Crippen LogP contribution in [0.4, 0.5) is 17.1 Å². The lowest BCUT2D eigenvalue weighted by atomic mass is 9.74. The highest BCUT2D eigenvalue weighted by Gasteiger charge is 2.37. The Balaban J connectivity index is 1.05. The summed E-state index contributed by atoms with van der Waals surface area (Å²) in [4.78, 5) is 3.70. The number of hydrogen-bond donors (Lipinski definition) is 0. The SMILES string of the molecule is CSc1ccc2c(c1C)Oc1ccc(-c3ccc(N(c4ccc5c(c4)C(C)(C)c4ccccc4-5)c4ccc5c6ccccc6c6ccccc6c5c4)cc3)cc1C2(C)C. The van der Waals surface area contributed by atoms with Crippen LogP contribution in [-0.2, 0) is 10.8 Å². The first-order valence-corrected chi connectivity index (χ1v) is 21.8. The third-order valence-corrected chi connectivity index (χ3v) is 14.3. The molecule has 1 heterocycles. The van der Waals surface area contributed by atoms with Crippen molar-refractivity contribution in [3.8, 4) is 33.8 Å². The van der Waals surface area contributed by atoms with Gasteiger partial charge in [0, 0.05) is 49.5 Å². The Kier molecular flexibility index (Phi) is 7.96. The van der Waals surface area contributed by atoms with Gasteiger partial charge in [0.05, 0.1) is 0 Å². The van der Waals surface area contributed by atoms with Crippen molar-refractivity contribution in [3.05, 3.63) is 192 Å². The number of nitrogens with zero attached hydrogens (tertiary/aromatic N) is 1. The number of thioether (sulfide) groups is 1. The summed E-state index contributed by atoms with van der Waals surface area (Å²) >= 11 is 1.77. The van der Waals surface area contributed by atoms with Crippen LogP contribution in [0.2, 0.25) is 0 Å². The molecule has 0 fully saturated rings. The van der Waals surface area contributed by atoms with Gasteiger partial charge in [-0.2, -0.15) is 0 Å². The van der Waals surface area contributed by atoms with Gasteiger partial charge in [0.25, 0.3) is 0 Å². The maximum atomic E-state index is 6.65. The van der Waals surface area contributed by atoms with E-state index in [-0.39, 0.29) is 10.8 Å². The summed E-state index contributed by atoms with van der Waals surface area (Å²) in [6.07, 6.45) is 2.13. The Morgan fingerprint density at radius 1 is 0.441 bits per heavy atom. The van der Waals surface area contributed by atoms with Crippen LogP contribution >= 0.6 is 11.8 Å². The van der Waals surface area contributed by atoms with Gasteiger partial charge in [0.15, 0.2) is 0 Å². The summed E-state index contributed by atoms with van der Waals surface area (Å²) in [5.74, 6) is 1.94. The van der Waals surface area contributed by atoms with Gasteiger partial charge in [-0.3, -0.25) is 0 Å². The Morgan fingerprint density at radius 3 is 1.71 bits per heavy atom. The van der Waals surface area contributed by atoms with Crippen LogP contribution < -0.4 is 9.64 Å². The molecule has 1 aliphatic carbocycles. The van der Waals surface area contributed by atoms with E-state index >= 15 is 0 Å². The van der Waals surface area contributed by atoms with E-state index in [2.05, 4.69) is 210 Å². The van der Waals surface area contributed by atoms with E-state index in [1.165, 1.54) is 87.3 Å². The zero-order chi connectivity index (χ0) is 40.2. The number of ether oxygens (including phenoxy) is 1. The van der Waals surface area contributed by atoms with Crippen molar-refractivity contribution in [2.45, 2.75) is 50.3 Å². The van der Waals surface area contributed by atoms with E-state index < -0.39 is 0 Å². The fourth-order valence-corrected chi connectivity index (χ4v) is 10.8. The van der Waals surface area contributed by atoms with Gasteiger partial charge >= 0.3 is 0 Å². The Hall–Kier alpha value is -6.29. The third kappa shape index (κ3) is 5.34. The summed E-state index contributed by atoms with van der Waals surface area (Å²) in [5.41, 5.74) is 14.5. The fourth-order valence-electron chi connectivity index (χ4n) is 10.2. The minimum absolute atomic E-state index is 0.115. The normalized spacial score (nSPS) is 14.4. The molecule has 0 radical (unpaired) electrons. The summed E-state index contributed by atoms with van der Waals surface area (Å²) < 4.78 is 6.65. The molecule has 0 bridgehead atoms. The molecule has 286 valence electrons. The predicted molar refractivity (Wildman–Crippen MR) is 252 cm³/mol. The summed E-state index contributed by atoms with van der Waals surface area (Å²) in [6, 6.07) is 61.0. The van der Waals surface area contributed by atoms with Crippen molar-refractivity contribution >= 4 is 61.1 Å². The van der Waals surface area contributed by atoms with Crippen molar-refractivity contribution in [3.63, 3.8) is 0 Å². The Bertz CT molecular complexity index is 3160. The second kappa shape index (κ2) is 13.1. The van der Waals surface area contributed by atoms with Crippen LogP contribution in [0.1, 0.15) is 55.5 Å². The molecule has 9 aromatic rings. The second-order valence-corrected chi connectivity index (χ2v) is 18.2. The molecule has 0 aromatic heterocycles. The van der Waals surface area contributed by atoms with E-state index in [4.69, 9.17) is 4.74 Å². The van der Waals surface area contributed by atoms with Gasteiger partial charge in [0.2, 0.25) is 0 Å². The molecule has 3 heteroatoms. The van der Waals surface area contributed by atoms with Crippen LogP contribution in [0.25, 0.3) is 54.6 Å². The molecule has 0 unspecified atom stereocenters. The number of rotatable bonds is 5. The molecule has 59 heavy (non-hydrogen) atoms. The molecule has 0 spiro atoms. The van der Waals surface area contributed by atoms with Crippen molar-refractivity contribution in [1.82, 2.24) is 0 Å². The second-order valence-electron chi connectivity index (χ2n) is 17.3. The van der Waals surface area contributed by atoms with E-state index in [0.29, 0.717) is 0 Å². The molecule has 0 amide bonds. The maximum absolute atomic E-state index is 6.65. The molecule has 0 saturated heterocycles. The molecule has 9 aromatic carbocycles. The van der Waals surface area contributed by atoms with Gasteiger partial charge in [0.1, 0.15) is 11.5 Å². The topological polar surface area (TPSA) is 12.5 Å². The molecule has 2 aliphatic rings. The Labute approximate surface area is 351 Å². The van der Waals surface area contributed by atoms with E-state index in [1.807, 2.05) is 0 Å². The van der Waals surface area contributed by atoms with Crippen LogP contribution in [0.3, 0.4) is 0 Å². The zero-order valence-corrected chi connectivity index (χ0v) is 35.2. The maximum Gasteiger partial charge on any atom is 0.135 e. The number of anilines is 3.